The summed E-state index contributed by atoms with van der Waals surface area (Å²) in [6.07, 6.45) is 6.83. The van der Waals surface area contributed by atoms with E-state index in [0.717, 1.165) is 29.9 Å². The van der Waals surface area contributed by atoms with E-state index in [2.05, 4.69) is 230 Å². The summed E-state index contributed by atoms with van der Waals surface area (Å²) in [6.45, 7) is 4.46. The van der Waals surface area contributed by atoms with Gasteiger partial charge in [-0.15, -0.1) is 0 Å². The molecule has 282 valence electrons. The molecule has 0 N–H and O–H groups in total. The second-order valence-electron chi connectivity index (χ2n) is 16.2. The van der Waals surface area contributed by atoms with Crippen molar-refractivity contribution in [1.82, 2.24) is 4.57 Å². The molecule has 1 unspecified atom stereocenters. The van der Waals surface area contributed by atoms with Gasteiger partial charge in [0.2, 0.25) is 0 Å². The Labute approximate surface area is 346 Å². The van der Waals surface area contributed by atoms with E-state index in [1.165, 1.54) is 83.1 Å². The van der Waals surface area contributed by atoms with Gasteiger partial charge in [-0.2, -0.15) is 0 Å². The van der Waals surface area contributed by atoms with Crippen LogP contribution in [-0.2, 0) is 5.41 Å². The highest BCUT2D eigenvalue weighted by atomic mass is 15.1. The molecule has 0 amide bonds. The Bertz CT molecular complexity index is 2990. The van der Waals surface area contributed by atoms with E-state index in [-0.39, 0.29) is 0 Å². The van der Waals surface area contributed by atoms with Crippen molar-refractivity contribution in [3.63, 3.8) is 0 Å². The van der Waals surface area contributed by atoms with Gasteiger partial charge in [0.15, 0.2) is 0 Å². The van der Waals surface area contributed by atoms with Gasteiger partial charge in [-0.05, 0) is 114 Å². The van der Waals surface area contributed by atoms with E-state index < -0.39 is 5.41 Å². The fourth-order valence-corrected chi connectivity index (χ4v) is 9.89. The third-order valence-electron chi connectivity index (χ3n) is 12.8. The lowest BCUT2D eigenvalue weighted by atomic mass is 9.61. The first-order valence-corrected chi connectivity index (χ1v) is 20.8. The van der Waals surface area contributed by atoms with Crippen molar-refractivity contribution < 1.29 is 0 Å². The third kappa shape index (κ3) is 5.62. The number of allylic oxidation sites excluding steroid dienone is 4. The van der Waals surface area contributed by atoms with Gasteiger partial charge in [0.1, 0.15) is 0 Å². The molecule has 59 heavy (non-hydrogen) atoms. The van der Waals surface area contributed by atoms with Crippen molar-refractivity contribution in [3.8, 4) is 27.9 Å². The Morgan fingerprint density at radius 2 is 1.03 bits per heavy atom. The molecule has 1 aromatic heterocycles. The van der Waals surface area contributed by atoms with Crippen LogP contribution in [0.5, 0.6) is 0 Å². The highest BCUT2D eigenvalue weighted by Gasteiger charge is 2.47. The number of hydrogen-bond acceptors (Lipinski definition) is 1. The average Bonchev–Trinajstić information content (AvgIpc) is 3.64. The van der Waals surface area contributed by atoms with E-state index in [1.807, 2.05) is 0 Å². The van der Waals surface area contributed by atoms with Crippen molar-refractivity contribution in [2.45, 2.75) is 32.1 Å². The Kier molecular flexibility index (Phi) is 8.34. The first-order chi connectivity index (χ1) is 29.1. The molecule has 1 atom stereocenters. The molecule has 2 heteroatoms. The van der Waals surface area contributed by atoms with Gasteiger partial charge in [-0.25, -0.2) is 0 Å². The summed E-state index contributed by atoms with van der Waals surface area (Å²) in [5.41, 5.74) is 19.4. The van der Waals surface area contributed by atoms with Crippen LogP contribution in [0.4, 0.5) is 17.1 Å². The van der Waals surface area contributed by atoms with E-state index in [0.29, 0.717) is 0 Å². The number of nitrogens with zero attached hydrogens (tertiary/aromatic N) is 2. The molecule has 9 aromatic rings. The van der Waals surface area contributed by atoms with Crippen LogP contribution in [0.2, 0.25) is 0 Å². The number of aromatic nitrogens is 1. The maximum Gasteiger partial charge on any atom is 0.0706 e. The lowest BCUT2D eigenvalue weighted by molar-refractivity contribution is 0.659. The zero-order chi connectivity index (χ0) is 39.5. The standard InChI is InChI=1S/C57H44N2/c1-39-20-28-45(29-21-39)57(46-30-22-40(2)23-31-46)52-18-11-17-51-50-16-9-10-19-54(50)59(56(51)52)55-37-36-49(38-53(55)57)58(47-32-24-43(25-33-47)41-12-5-3-6-13-41)48-34-26-44(27-35-48)42-14-7-4-8-15-42/h3-22,24-30,32-38H,23,31H2,1-2H3. The number of hydrogen-bond donors (Lipinski definition) is 0. The quantitative estimate of drug-likeness (QED) is 0.157. The van der Waals surface area contributed by atoms with Gasteiger partial charge in [-0.1, -0.05) is 174 Å². The number of aryl methyl sites for hydroxylation is 1. The molecule has 0 saturated heterocycles. The number of anilines is 3. The molecule has 0 bridgehead atoms. The maximum absolute atomic E-state index is 2.55. The van der Waals surface area contributed by atoms with Crippen LogP contribution in [0.3, 0.4) is 0 Å². The Balaban J connectivity index is 1.20. The van der Waals surface area contributed by atoms with Crippen molar-refractivity contribution in [2.75, 3.05) is 4.90 Å². The predicted octanol–water partition coefficient (Wildman–Crippen LogP) is 15.2. The minimum atomic E-state index is -0.528. The SMILES string of the molecule is CC1=CC=C(C2(c3ccc(C)cc3)c3cc(N(c4ccc(-c5ccccc5)cc4)c4ccc(-c5ccccc5)cc4)ccc3-n3c4ccccc4c4cccc2c43)CC1. The lowest BCUT2D eigenvalue weighted by Gasteiger charge is -2.44. The summed E-state index contributed by atoms with van der Waals surface area (Å²) in [4.78, 5) is 2.44. The molecule has 0 spiro atoms. The first kappa shape index (κ1) is 35.0. The monoisotopic (exact) mass is 756 g/mol. The summed E-state index contributed by atoms with van der Waals surface area (Å²) in [5, 5.41) is 2.58. The molecule has 2 aliphatic rings. The fraction of sp³-hybridized carbons (Fsp3) is 0.0877. The zero-order valence-electron chi connectivity index (χ0n) is 33.4. The van der Waals surface area contributed by atoms with E-state index in [1.54, 1.807) is 0 Å². The lowest BCUT2D eigenvalue weighted by Crippen LogP contribution is -2.37. The minimum Gasteiger partial charge on any atom is -0.310 e. The van der Waals surface area contributed by atoms with Crippen LogP contribution in [0.1, 0.15) is 42.0 Å². The topological polar surface area (TPSA) is 8.17 Å². The summed E-state index contributed by atoms with van der Waals surface area (Å²) in [6, 6.07) is 72.0. The minimum absolute atomic E-state index is 0.528. The van der Waals surface area contributed by atoms with Gasteiger partial charge < -0.3 is 9.47 Å². The number of fused-ring (bicyclic) bond motifs is 5. The van der Waals surface area contributed by atoms with Crippen molar-refractivity contribution in [2.24, 2.45) is 0 Å². The molecule has 0 fully saturated rings. The molecular weight excluding hydrogens is 713 g/mol. The van der Waals surface area contributed by atoms with Gasteiger partial charge in [0.05, 0.1) is 22.1 Å². The number of benzene rings is 8. The molecule has 8 aromatic carbocycles. The van der Waals surface area contributed by atoms with Gasteiger partial charge in [0, 0.05) is 27.8 Å². The van der Waals surface area contributed by atoms with Crippen LogP contribution in [0, 0.1) is 6.92 Å². The normalized spacial score (nSPS) is 15.8. The molecule has 1 aliphatic heterocycles. The van der Waals surface area contributed by atoms with E-state index in [9.17, 15) is 0 Å². The summed E-state index contributed by atoms with van der Waals surface area (Å²) >= 11 is 0. The van der Waals surface area contributed by atoms with E-state index >= 15 is 0 Å². The average molecular weight is 757 g/mol. The largest absolute Gasteiger partial charge is 0.310 e. The molecule has 2 heterocycles. The Morgan fingerprint density at radius 1 is 0.458 bits per heavy atom. The first-order valence-electron chi connectivity index (χ1n) is 20.8. The number of rotatable bonds is 7. The van der Waals surface area contributed by atoms with Crippen LogP contribution in [-0.4, -0.2) is 4.57 Å². The molecule has 0 radical (unpaired) electrons. The molecule has 11 rings (SSSR count). The molecular formula is C57H44N2. The predicted molar refractivity (Wildman–Crippen MR) is 248 cm³/mol. The van der Waals surface area contributed by atoms with Crippen molar-refractivity contribution in [1.29, 1.82) is 0 Å². The van der Waals surface area contributed by atoms with Crippen LogP contribution >= 0.6 is 0 Å². The smallest absolute Gasteiger partial charge is 0.0706 e. The van der Waals surface area contributed by atoms with E-state index in [4.69, 9.17) is 0 Å². The fourth-order valence-electron chi connectivity index (χ4n) is 9.89. The highest BCUT2D eigenvalue weighted by Crippen LogP contribution is 2.57. The van der Waals surface area contributed by atoms with Gasteiger partial charge in [0.25, 0.3) is 0 Å². The molecule has 2 nitrogen and oxygen atoms in total. The van der Waals surface area contributed by atoms with Crippen LogP contribution < -0.4 is 4.90 Å². The molecule has 0 saturated carbocycles. The maximum atomic E-state index is 2.55. The van der Waals surface area contributed by atoms with Crippen LogP contribution in [0.25, 0.3) is 49.7 Å². The summed E-state index contributed by atoms with van der Waals surface area (Å²) in [7, 11) is 0. The van der Waals surface area contributed by atoms with Gasteiger partial charge in [-0.3, -0.25) is 0 Å². The van der Waals surface area contributed by atoms with Crippen molar-refractivity contribution in [3.05, 3.63) is 240 Å². The summed E-state index contributed by atoms with van der Waals surface area (Å²) < 4.78 is 2.55. The molecule has 1 aliphatic carbocycles. The van der Waals surface area contributed by atoms with Crippen LogP contribution in [0.15, 0.2) is 217 Å². The van der Waals surface area contributed by atoms with Gasteiger partial charge >= 0.3 is 0 Å². The Hall–Kier alpha value is -7.16. The third-order valence-corrected chi connectivity index (χ3v) is 12.8. The highest BCUT2D eigenvalue weighted by molar-refractivity contribution is 6.12. The summed E-state index contributed by atoms with van der Waals surface area (Å²) in [5.74, 6) is 0. The zero-order valence-corrected chi connectivity index (χ0v) is 33.4. The number of para-hydroxylation sites is 2. The second kappa shape index (κ2) is 14.0. The second-order valence-corrected chi connectivity index (χ2v) is 16.2. The Morgan fingerprint density at radius 3 is 1.66 bits per heavy atom. The van der Waals surface area contributed by atoms with Crippen molar-refractivity contribution >= 4 is 38.9 Å².